The number of fused-ring (bicyclic) bond motifs is 2. The van der Waals surface area contributed by atoms with Crippen molar-refractivity contribution in [3.8, 4) is 11.5 Å². The van der Waals surface area contributed by atoms with Crippen LogP contribution in [0.15, 0.2) is 125 Å². The molecule has 2 aliphatic rings. The molecule has 0 spiro atoms. The number of ether oxygens (including phenoxy) is 2. The summed E-state index contributed by atoms with van der Waals surface area (Å²) in [6, 6.07) is 37.2. The average molecular weight is 696 g/mol. The number of carbonyl (C=O) groups excluding carboxylic acids is 2. The Morgan fingerprint density at radius 1 is 0.667 bits per heavy atom. The third-order valence-electron chi connectivity index (χ3n) is 10.3. The maximum atomic E-state index is 13.9. The number of hydrogen-bond donors (Lipinski definition) is 1. The lowest BCUT2D eigenvalue weighted by molar-refractivity contribution is 0.0977. The highest BCUT2D eigenvalue weighted by molar-refractivity contribution is 7.99. The van der Waals surface area contributed by atoms with E-state index in [0.717, 1.165) is 27.0 Å². The fourth-order valence-corrected chi connectivity index (χ4v) is 8.41. The lowest BCUT2D eigenvalue weighted by Gasteiger charge is -2.29. The lowest BCUT2D eigenvalue weighted by atomic mass is 9.77. The van der Waals surface area contributed by atoms with Gasteiger partial charge in [-0.05, 0) is 97.2 Å². The number of rotatable bonds is 14. The first-order valence-electron chi connectivity index (χ1n) is 18.3. The number of unbranched alkanes of at least 4 members (excludes halogenated alkanes) is 2. The minimum Gasteiger partial charge on any atom is -0.458 e. The standard InChI is InChI=1S/C45H45NO4S/c1-2-3-5-10-31-17-19-33(20-18-31)34-21-23-35(24-22-34)49-30-50-36-25-27-37(28-26-36)51-41-16-9-14-39-43(41)45(48)38-13-8-15-40(42(38)44(39)47)46-29-32-11-6-4-7-12-32/h4,6-9,11-16,21-28,31,33,46H,2-3,5,10,17-20,29-30H2,1H3. The molecule has 0 amide bonds. The molecule has 0 heterocycles. The van der Waals surface area contributed by atoms with Crippen molar-refractivity contribution >= 4 is 29.0 Å². The van der Waals surface area contributed by atoms with Crippen LogP contribution >= 0.6 is 11.8 Å². The van der Waals surface area contributed by atoms with Crippen molar-refractivity contribution in [1.29, 1.82) is 0 Å². The van der Waals surface area contributed by atoms with E-state index in [1.165, 1.54) is 68.7 Å². The monoisotopic (exact) mass is 695 g/mol. The number of hydrogen-bond acceptors (Lipinski definition) is 6. The third kappa shape index (κ3) is 8.23. The largest absolute Gasteiger partial charge is 0.458 e. The summed E-state index contributed by atoms with van der Waals surface area (Å²) in [5, 5.41) is 3.38. The van der Waals surface area contributed by atoms with E-state index in [9.17, 15) is 9.59 Å². The average Bonchev–Trinajstić information content (AvgIpc) is 3.18. The van der Waals surface area contributed by atoms with Crippen LogP contribution in [-0.4, -0.2) is 18.4 Å². The van der Waals surface area contributed by atoms with Crippen molar-refractivity contribution in [1.82, 2.24) is 0 Å². The highest BCUT2D eigenvalue weighted by atomic mass is 32.2. The van der Waals surface area contributed by atoms with Crippen LogP contribution in [0, 0.1) is 5.92 Å². The molecular formula is C45H45NO4S. The van der Waals surface area contributed by atoms with Crippen LogP contribution in [0.2, 0.25) is 0 Å². The molecular weight excluding hydrogens is 651 g/mol. The highest BCUT2D eigenvalue weighted by Crippen LogP contribution is 2.40. The van der Waals surface area contributed by atoms with E-state index >= 15 is 0 Å². The Labute approximate surface area is 305 Å². The van der Waals surface area contributed by atoms with Gasteiger partial charge >= 0.3 is 0 Å². The predicted molar refractivity (Wildman–Crippen MR) is 205 cm³/mol. The molecule has 0 bridgehead atoms. The van der Waals surface area contributed by atoms with Crippen molar-refractivity contribution in [3.05, 3.63) is 149 Å². The lowest BCUT2D eigenvalue weighted by Crippen LogP contribution is -2.23. The summed E-state index contributed by atoms with van der Waals surface area (Å²) in [7, 11) is 0. The van der Waals surface area contributed by atoms with Crippen LogP contribution in [0.1, 0.15) is 107 Å². The molecule has 0 aliphatic heterocycles. The van der Waals surface area contributed by atoms with Crippen molar-refractivity contribution in [2.45, 2.75) is 80.5 Å². The summed E-state index contributed by atoms with van der Waals surface area (Å²) >= 11 is 1.47. The maximum absolute atomic E-state index is 13.9. The minimum absolute atomic E-state index is 0.110. The smallest absolute Gasteiger partial charge is 0.230 e. The summed E-state index contributed by atoms with van der Waals surface area (Å²) < 4.78 is 11.8. The second kappa shape index (κ2) is 16.5. The van der Waals surface area contributed by atoms with Crippen LogP contribution in [0.25, 0.3) is 0 Å². The molecule has 5 aromatic carbocycles. The van der Waals surface area contributed by atoms with Crippen LogP contribution in [-0.2, 0) is 6.54 Å². The van der Waals surface area contributed by atoms with Crippen LogP contribution in [0.5, 0.6) is 11.5 Å². The zero-order chi connectivity index (χ0) is 35.0. The van der Waals surface area contributed by atoms with Crippen molar-refractivity contribution < 1.29 is 19.1 Å². The SMILES string of the molecule is CCCCCC1CCC(c2ccc(OCOc3ccc(Sc4cccc5c4C(=O)c4cccc(NCc6ccccc6)c4C5=O)cc3)cc2)CC1. The second-order valence-electron chi connectivity index (χ2n) is 13.7. The first-order valence-corrected chi connectivity index (χ1v) is 19.2. The topological polar surface area (TPSA) is 64.6 Å². The van der Waals surface area contributed by atoms with E-state index < -0.39 is 0 Å². The number of carbonyl (C=O) groups is 2. The molecule has 260 valence electrons. The van der Waals surface area contributed by atoms with Crippen molar-refractivity contribution in [2.24, 2.45) is 5.92 Å². The third-order valence-corrected chi connectivity index (χ3v) is 11.3. The summed E-state index contributed by atoms with van der Waals surface area (Å²) in [5.74, 6) is 2.79. The van der Waals surface area contributed by atoms with E-state index in [1.807, 2.05) is 78.9 Å². The van der Waals surface area contributed by atoms with Gasteiger partial charge in [-0.2, -0.15) is 0 Å². The molecule has 7 rings (SSSR count). The summed E-state index contributed by atoms with van der Waals surface area (Å²) in [4.78, 5) is 29.4. The zero-order valence-electron chi connectivity index (χ0n) is 29.2. The molecule has 5 aromatic rings. The summed E-state index contributed by atoms with van der Waals surface area (Å²) in [6.45, 7) is 2.95. The van der Waals surface area contributed by atoms with Gasteiger partial charge in [0.05, 0.1) is 5.56 Å². The molecule has 1 N–H and O–H groups in total. The Morgan fingerprint density at radius 2 is 1.31 bits per heavy atom. The van der Waals surface area contributed by atoms with E-state index in [1.54, 1.807) is 12.1 Å². The van der Waals surface area contributed by atoms with Gasteiger partial charge < -0.3 is 14.8 Å². The van der Waals surface area contributed by atoms with E-state index in [2.05, 4.69) is 36.5 Å². The molecule has 0 unspecified atom stereocenters. The van der Waals surface area contributed by atoms with Gasteiger partial charge in [0.2, 0.25) is 6.79 Å². The Bertz CT molecular complexity index is 1950. The Morgan fingerprint density at radius 3 is 2.02 bits per heavy atom. The molecule has 1 saturated carbocycles. The van der Waals surface area contributed by atoms with Gasteiger partial charge in [-0.1, -0.05) is 111 Å². The Balaban J connectivity index is 0.933. The van der Waals surface area contributed by atoms with Gasteiger partial charge in [-0.25, -0.2) is 0 Å². The van der Waals surface area contributed by atoms with Gasteiger partial charge in [0, 0.05) is 38.7 Å². The number of benzene rings is 5. The molecule has 1 fully saturated rings. The maximum Gasteiger partial charge on any atom is 0.230 e. The summed E-state index contributed by atoms with van der Waals surface area (Å²) in [6.07, 6.45) is 10.7. The number of anilines is 1. The van der Waals surface area contributed by atoms with Gasteiger partial charge in [-0.3, -0.25) is 9.59 Å². The molecule has 2 aliphatic carbocycles. The first kappa shape index (κ1) is 34.6. The van der Waals surface area contributed by atoms with Gasteiger partial charge in [-0.15, -0.1) is 0 Å². The Hall–Kier alpha value is -4.81. The minimum atomic E-state index is -0.142. The first-order chi connectivity index (χ1) is 25.1. The normalized spacial score (nSPS) is 16.6. The number of nitrogens with one attached hydrogen (secondary N) is 1. The van der Waals surface area contributed by atoms with Gasteiger partial charge in [0.15, 0.2) is 11.6 Å². The molecule has 0 aromatic heterocycles. The molecule has 0 atom stereocenters. The van der Waals surface area contributed by atoms with Crippen LogP contribution in [0.3, 0.4) is 0 Å². The zero-order valence-corrected chi connectivity index (χ0v) is 30.1. The predicted octanol–water partition coefficient (Wildman–Crippen LogP) is 11.5. The van der Waals surface area contributed by atoms with E-state index in [-0.39, 0.29) is 18.4 Å². The number of ketones is 2. The van der Waals surface area contributed by atoms with Gasteiger partial charge in [0.25, 0.3) is 0 Å². The van der Waals surface area contributed by atoms with Crippen molar-refractivity contribution in [2.75, 3.05) is 12.1 Å². The molecule has 6 heteroatoms. The Kier molecular flexibility index (Phi) is 11.2. The van der Waals surface area contributed by atoms with Crippen LogP contribution < -0.4 is 14.8 Å². The molecule has 0 saturated heterocycles. The highest BCUT2D eigenvalue weighted by Gasteiger charge is 2.33. The van der Waals surface area contributed by atoms with E-state index in [0.29, 0.717) is 46.2 Å². The summed E-state index contributed by atoms with van der Waals surface area (Å²) in [5.41, 5.74) is 4.93. The molecule has 5 nitrogen and oxygen atoms in total. The second-order valence-corrected chi connectivity index (χ2v) is 14.8. The van der Waals surface area contributed by atoms with Crippen molar-refractivity contribution in [3.63, 3.8) is 0 Å². The fourth-order valence-electron chi connectivity index (χ4n) is 7.44. The quantitative estimate of drug-likeness (QED) is 0.0904. The van der Waals surface area contributed by atoms with E-state index in [4.69, 9.17) is 9.47 Å². The fraction of sp³-hybridized carbons (Fsp3) is 0.289. The van der Waals surface area contributed by atoms with Crippen LogP contribution in [0.4, 0.5) is 5.69 Å². The molecule has 51 heavy (non-hydrogen) atoms. The molecule has 0 radical (unpaired) electrons. The van der Waals surface area contributed by atoms with Gasteiger partial charge in [0.1, 0.15) is 11.5 Å².